The molecule has 0 aliphatic carbocycles. The maximum Gasteiger partial charge on any atom is 0.0486 e. The quantitative estimate of drug-likeness (QED) is 0.634. The molecule has 1 fully saturated rings. The molecule has 2 nitrogen and oxygen atoms in total. The smallest absolute Gasteiger partial charge is 0.0486 e. The highest BCUT2D eigenvalue weighted by Crippen LogP contribution is 2.46. The van der Waals surface area contributed by atoms with E-state index in [9.17, 15) is 0 Å². The van der Waals surface area contributed by atoms with Crippen LogP contribution in [0.15, 0.2) is 42.5 Å². The Morgan fingerprint density at radius 3 is 2.54 bits per heavy atom. The number of hydrogen-bond acceptors (Lipinski definition) is 1. The first-order valence-electron chi connectivity index (χ1n) is 10.0. The molecule has 2 aliphatic heterocycles. The predicted octanol–water partition coefficient (Wildman–Crippen LogP) is 5.19. The van der Waals surface area contributed by atoms with Gasteiger partial charge in [-0.15, -0.1) is 0 Å². The van der Waals surface area contributed by atoms with Crippen molar-refractivity contribution in [1.82, 2.24) is 9.47 Å². The lowest BCUT2D eigenvalue weighted by Crippen LogP contribution is -2.34. The molecule has 1 saturated heterocycles. The van der Waals surface area contributed by atoms with Crippen LogP contribution in [0.2, 0.25) is 0 Å². The van der Waals surface area contributed by atoms with Gasteiger partial charge in [0, 0.05) is 41.6 Å². The molecule has 26 heavy (non-hydrogen) atoms. The van der Waals surface area contributed by atoms with Crippen LogP contribution in [0.4, 0.5) is 0 Å². The minimum Gasteiger partial charge on any atom is -0.344 e. The van der Waals surface area contributed by atoms with Crippen molar-refractivity contribution < 1.29 is 0 Å². The van der Waals surface area contributed by atoms with Crippen molar-refractivity contribution in [1.29, 1.82) is 0 Å². The first-order valence-corrected chi connectivity index (χ1v) is 10.0. The number of rotatable bonds is 3. The summed E-state index contributed by atoms with van der Waals surface area (Å²) in [6.07, 6.45) is 4.99. The second kappa shape index (κ2) is 5.99. The average molecular weight is 345 g/mol. The largest absolute Gasteiger partial charge is 0.344 e. The third-order valence-electron chi connectivity index (χ3n) is 6.72. The van der Waals surface area contributed by atoms with E-state index in [1.165, 1.54) is 46.9 Å². The maximum atomic E-state index is 2.64. The van der Waals surface area contributed by atoms with Crippen LogP contribution in [0.5, 0.6) is 0 Å². The Labute approximate surface area is 156 Å². The molecular weight excluding hydrogens is 316 g/mol. The van der Waals surface area contributed by atoms with Gasteiger partial charge in [-0.3, -0.25) is 4.90 Å². The fourth-order valence-corrected chi connectivity index (χ4v) is 5.22. The van der Waals surface area contributed by atoms with Gasteiger partial charge in [0.05, 0.1) is 0 Å². The molecule has 0 spiro atoms. The van der Waals surface area contributed by atoms with Gasteiger partial charge in [0.2, 0.25) is 0 Å². The molecule has 134 valence electrons. The summed E-state index contributed by atoms with van der Waals surface area (Å²) in [5, 5.41) is 1.50. The van der Waals surface area contributed by atoms with Gasteiger partial charge in [-0.2, -0.15) is 0 Å². The van der Waals surface area contributed by atoms with Crippen molar-refractivity contribution in [3.05, 3.63) is 70.4 Å². The van der Waals surface area contributed by atoms with E-state index in [0.29, 0.717) is 6.04 Å². The second-order valence-electron chi connectivity index (χ2n) is 8.38. The second-order valence-corrected chi connectivity index (χ2v) is 8.38. The molecule has 2 unspecified atom stereocenters. The Morgan fingerprint density at radius 2 is 1.73 bits per heavy atom. The minimum atomic E-state index is 0.619. The van der Waals surface area contributed by atoms with Crippen LogP contribution in [-0.4, -0.2) is 22.6 Å². The van der Waals surface area contributed by atoms with Crippen LogP contribution in [-0.2, 0) is 19.4 Å². The normalized spacial score (nSPS) is 22.1. The van der Waals surface area contributed by atoms with E-state index in [1.807, 2.05) is 0 Å². The van der Waals surface area contributed by atoms with Gasteiger partial charge in [0.1, 0.15) is 0 Å². The Morgan fingerprint density at radius 1 is 0.962 bits per heavy atom. The molecule has 0 radical (unpaired) electrons. The molecule has 2 heteroatoms. The van der Waals surface area contributed by atoms with E-state index in [4.69, 9.17) is 0 Å². The first-order chi connectivity index (χ1) is 12.6. The van der Waals surface area contributed by atoms with Gasteiger partial charge < -0.3 is 4.57 Å². The molecule has 5 rings (SSSR count). The predicted molar refractivity (Wildman–Crippen MR) is 109 cm³/mol. The zero-order valence-electron chi connectivity index (χ0n) is 16.1. The SMILES string of the molecule is Cc1ccc(CCn2c3c(c4cc(C)ccc42)C2CCC(C3)N2C)cc1. The van der Waals surface area contributed by atoms with Crippen molar-refractivity contribution in [2.75, 3.05) is 7.05 Å². The lowest BCUT2D eigenvalue weighted by Gasteiger charge is -2.32. The lowest BCUT2D eigenvalue weighted by molar-refractivity contribution is 0.222. The molecule has 0 N–H and O–H groups in total. The molecule has 2 atom stereocenters. The van der Waals surface area contributed by atoms with Gasteiger partial charge >= 0.3 is 0 Å². The molecule has 3 aromatic rings. The standard InChI is InChI=1S/C24H28N2/c1-16-4-7-18(8-5-16)12-13-26-21-10-6-17(2)14-20(21)24-22-11-9-19(25(22)3)15-23(24)26/h4-8,10,14,19,22H,9,11-13,15H2,1-3H3. The zero-order chi connectivity index (χ0) is 17.8. The number of benzene rings is 2. The zero-order valence-corrected chi connectivity index (χ0v) is 16.1. The van der Waals surface area contributed by atoms with E-state index in [-0.39, 0.29) is 0 Å². The highest BCUT2D eigenvalue weighted by molar-refractivity contribution is 5.87. The van der Waals surface area contributed by atoms with Crippen LogP contribution in [0.1, 0.15) is 46.8 Å². The van der Waals surface area contributed by atoms with E-state index in [0.717, 1.165) is 19.0 Å². The molecule has 1 aromatic heterocycles. The molecular formula is C24H28N2. The van der Waals surface area contributed by atoms with Crippen molar-refractivity contribution in [3.8, 4) is 0 Å². The highest BCUT2D eigenvalue weighted by atomic mass is 15.2. The van der Waals surface area contributed by atoms with Crippen LogP contribution in [0, 0.1) is 13.8 Å². The van der Waals surface area contributed by atoms with Gasteiger partial charge in [-0.1, -0.05) is 41.5 Å². The van der Waals surface area contributed by atoms with E-state index in [1.54, 1.807) is 11.3 Å². The molecule has 2 aromatic carbocycles. The van der Waals surface area contributed by atoms with Crippen molar-refractivity contribution in [3.63, 3.8) is 0 Å². The topological polar surface area (TPSA) is 8.17 Å². The number of likely N-dealkylation sites (N-methyl/N-ethyl adjacent to an activating group) is 1. The average Bonchev–Trinajstić information content (AvgIpc) is 3.04. The monoisotopic (exact) mass is 344 g/mol. The van der Waals surface area contributed by atoms with Crippen LogP contribution < -0.4 is 0 Å². The number of fused-ring (bicyclic) bond motifs is 6. The van der Waals surface area contributed by atoms with E-state index < -0.39 is 0 Å². The lowest BCUT2D eigenvalue weighted by atomic mass is 9.97. The summed E-state index contributed by atoms with van der Waals surface area (Å²) >= 11 is 0. The van der Waals surface area contributed by atoms with E-state index in [2.05, 4.69) is 72.8 Å². The fraction of sp³-hybridized carbons (Fsp3) is 0.417. The Kier molecular flexibility index (Phi) is 3.72. The van der Waals surface area contributed by atoms with Gasteiger partial charge in [0.25, 0.3) is 0 Å². The van der Waals surface area contributed by atoms with Gasteiger partial charge in [0.15, 0.2) is 0 Å². The summed E-state index contributed by atoms with van der Waals surface area (Å²) in [5.74, 6) is 0. The number of nitrogens with zero attached hydrogens (tertiary/aromatic N) is 2. The van der Waals surface area contributed by atoms with Crippen LogP contribution in [0.25, 0.3) is 10.9 Å². The molecule has 0 amide bonds. The van der Waals surface area contributed by atoms with Gasteiger partial charge in [-0.05, 0) is 63.4 Å². The summed E-state index contributed by atoms with van der Waals surface area (Å²) in [5.41, 5.74) is 8.83. The first kappa shape index (κ1) is 16.1. The summed E-state index contributed by atoms with van der Waals surface area (Å²) in [4.78, 5) is 2.63. The van der Waals surface area contributed by atoms with E-state index >= 15 is 0 Å². The highest BCUT2D eigenvalue weighted by Gasteiger charge is 2.40. The van der Waals surface area contributed by atoms with Crippen molar-refractivity contribution in [2.45, 2.75) is 58.2 Å². The third-order valence-corrected chi connectivity index (χ3v) is 6.72. The summed E-state index contributed by atoms with van der Waals surface area (Å²) in [6, 6.07) is 17.4. The number of aryl methyl sites for hydroxylation is 4. The Balaban J connectivity index is 1.59. The Hall–Kier alpha value is -2.06. The molecule has 3 heterocycles. The molecule has 2 bridgehead atoms. The van der Waals surface area contributed by atoms with Crippen LogP contribution >= 0.6 is 0 Å². The fourth-order valence-electron chi connectivity index (χ4n) is 5.22. The molecule has 0 saturated carbocycles. The van der Waals surface area contributed by atoms with Crippen molar-refractivity contribution >= 4 is 10.9 Å². The summed E-state index contributed by atoms with van der Waals surface area (Å²) in [7, 11) is 2.33. The number of hydrogen-bond donors (Lipinski definition) is 0. The third kappa shape index (κ3) is 2.43. The Bertz CT molecular complexity index is 964. The molecule has 2 aliphatic rings. The summed E-state index contributed by atoms with van der Waals surface area (Å²) < 4.78 is 2.64. The van der Waals surface area contributed by atoms with Crippen molar-refractivity contribution in [2.24, 2.45) is 0 Å². The summed E-state index contributed by atoms with van der Waals surface area (Å²) in [6.45, 7) is 5.47. The van der Waals surface area contributed by atoms with Crippen LogP contribution in [0.3, 0.4) is 0 Å². The minimum absolute atomic E-state index is 0.619. The number of aromatic nitrogens is 1. The maximum absolute atomic E-state index is 2.64. The van der Waals surface area contributed by atoms with Gasteiger partial charge in [-0.25, -0.2) is 0 Å².